The highest BCUT2D eigenvalue weighted by atomic mass is 16.6. The first-order chi connectivity index (χ1) is 9.49. The van der Waals surface area contributed by atoms with Crippen LogP contribution in [0.2, 0.25) is 0 Å². The average molecular weight is 283 g/mol. The molecule has 0 spiro atoms. The highest BCUT2D eigenvalue weighted by Gasteiger charge is 2.22. The minimum atomic E-state index is -0.609. The maximum absolute atomic E-state index is 11.5. The van der Waals surface area contributed by atoms with Crippen molar-refractivity contribution in [2.75, 3.05) is 23.8 Å². The number of anilines is 2. The average Bonchev–Trinajstić information content (AvgIpc) is 2.41. The molecular weight excluding hydrogens is 266 g/mol. The first kappa shape index (κ1) is 15.6. The predicted molar refractivity (Wildman–Crippen MR) is 73.0 cm³/mol. The zero-order valence-electron chi connectivity index (χ0n) is 11.3. The molecule has 0 aliphatic carbocycles. The minimum absolute atomic E-state index is 0.0320. The first-order valence-corrected chi connectivity index (χ1v) is 5.99. The van der Waals surface area contributed by atoms with E-state index < -0.39 is 4.92 Å². The van der Waals surface area contributed by atoms with E-state index in [2.05, 4.69) is 26.0 Å². The van der Waals surface area contributed by atoms with Crippen molar-refractivity contribution in [1.82, 2.24) is 15.3 Å². The van der Waals surface area contributed by atoms with E-state index in [1.165, 1.54) is 6.92 Å². The Morgan fingerprint density at radius 2 is 2.15 bits per heavy atom. The number of amides is 1. The number of rotatable bonds is 7. The van der Waals surface area contributed by atoms with E-state index in [9.17, 15) is 14.9 Å². The van der Waals surface area contributed by atoms with Crippen LogP contribution in [0.3, 0.4) is 0 Å². The first-order valence-electron chi connectivity index (χ1n) is 5.99. The molecule has 0 aliphatic rings. The molecule has 0 unspecified atom stereocenters. The van der Waals surface area contributed by atoms with Crippen LogP contribution in [0.5, 0.6) is 0 Å². The molecule has 0 saturated carbocycles. The lowest BCUT2D eigenvalue weighted by molar-refractivity contribution is -0.385. The van der Waals surface area contributed by atoms with E-state index in [1.807, 2.05) is 6.92 Å². The fourth-order valence-corrected chi connectivity index (χ4v) is 1.46. The SMILES string of the molecule is CCCNC(=O)CNc1nc(NN)nc(C)c1[N+](=O)[O-]. The second-order valence-electron chi connectivity index (χ2n) is 3.93. The van der Waals surface area contributed by atoms with Crippen LogP contribution in [0.1, 0.15) is 19.0 Å². The van der Waals surface area contributed by atoms with E-state index in [4.69, 9.17) is 5.84 Å². The summed E-state index contributed by atoms with van der Waals surface area (Å²) in [6.07, 6.45) is 0.805. The maximum atomic E-state index is 11.5. The molecule has 10 heteroatoms. The minimum Gasteiger partial charge on any atom is -0.355 e. The molecule has 1 aromatic heterocycles. The van der Waals surface area contributed by atoms with Crippen molar-refractivity contribution in [3.8, 4) is 0 Å². The Morgan fingerprint density at radius 3 is 2.70 bits per heavy atom. The van der Waals surface area contributed by atoms with Crippen LogP contribution in [0, 0.1) is 17.0 Å². The lowest BCUT2D eigenvalue weighted by atomic mass is 10.3. The summed E-state index contributed by atoms with van der Waals surface area (Å²) < 4.78 is 0. The molecule has 0 aromatic carbocycles. The van der Waals surface area contributed by atoms with Crippen LogP contribution in [-0.4, -0.2) is 33.9 Å². The van der Waals surface area contributed by atoms with Gasteiger partial charge in [-0.25, -0.2) is 10.8 Å². The van der Waals surface area contributed by atoms with Gasteiger partial charge in [0, 0.05) is 6.54 Å². The van der Waals surface area contributed by atoms with Crippen molar-refractivity contribution in [2.45, 2.75) is 20.3 Å². The molecule has 0 radical (unpaired) electrons. The number of hydrogen-bond acceptors (Lipinski definition) is 8. The van der Waals surface area contributed by atoms with Gasteiger partial charge in [0.05, 0.1) is 11.5 Å². The summed E-state index contributed by atoms with van der Waals surface area (Å²) in [6.45, 7) is 3.80. The monoisotopic (exact) mass is 283 g/mol. The van der Waals surface area contributed by atoms with E-state index >= 15 is 0 Å². The van der Waals surface area contributed by atoms with Crippen molar-refractivity contribution in [3.63, 3.8) is 0 Å². The quantitative estimate of drug-likeness (QED) is 0.308. The zero-order chi connectivity index (χ0) is 15.1. The van der Waals surface area contributed by atoms with Crippen LogP contribution in [-0.2, 0) is 4.79 Å². The van der Waals surface area contributed by atoms with Crippen LogP contribution in [0.4, 0.5) is 17.5 Å². The molecule has 1 rings (SSSR count). The molecule has 0 aliphatic heterocycles. The van der Waals surface area contributed by atoms with Gasteiger partial charge < -0.3 is 10.6 Å². The maximum Gasteiger partial charge on any atom is 0.332 e. The summed E-state index contributed by atoms with van der Waals surface area (Å²) in [7, 11) is 0. The summed E-state index contributed by atoms with van der Waals surface area (Å²) in [4.78, 5) is 29.5. The number of nitro groups is 1. The highest BCUT2D eigenvalue weighted by Crippen LogP contribution is 2.25. The molecule has 1 amide bonds. The summed E-state index contributed by atoms with van der Waals surface area (Å²) in [6, 6.07) is 0. The Balaban J connectivity index is 2.89. The normalized spacial score (nSPS) is 9.95. The van der Waals surface area contributed by atoms with Gasteiger partial charge in [-0.05, 0) is 13.3 Å². The Kier molecular flexibility index (Phi) is 5.59. The Bertz CT molecular complexity index is 506. The molecule has 20 heavy (non-hydrogen) atoms. The number of nitrogen functional groups attached to an aromatic ring is 1. The number of aryl methyl sites for hydroxylation is 1. The van der Waals surface area contributed by atoms with Crippen molar-refractivity contribution in [3.05, 3.63) is 15.8 Å². The smallest absolute Gasteiger partial charge is 0.332 e. The van der Waals surface area contributed by atoms with Crippen LogP contribution in [0.15, 0.2) is 0 Å². The summed E-state index contributed by atoms with van der Waals surface area (Å²) in [5, 5.41) is 16.3. The Labute approximate surface area is 115 Å². The van der Waals surface area contributed by atoms with Gasteiger partial charge in [-0.15, -0.1) is 0 Å². The number of carbonyl (C=O) groups excluding carboxylic acids is 1. The van der Waals surface area contributed by atoms with Crippen molar-refractivity contribution >= 4 is 23.4 Å². The number of hydrogen-bond donors (Lipinski definition) is 4. The Hall–Kier alpha value is -2.49. The topological polar surface area (TPSA) is 148 Å². The van der Waals surface area contributed by atoms with Gasteiger partial charge in [0.2, 0.25) is 17.7 Å². The standard InChI is InChI=1S/C10H17N7O3/c1-3-4-12-7(18)5-13-9-8(17(19)20)6(2)14-10(15-9)16-11/h3-5,11H2,1-2H3,(H,12,18)(H2,13,14,15,16). The largest absolute Gasteiger partial charge is 0.355 e. The molecular formula is C10H17N7O3. The van der Waals surface area contributed by atoms with E-state index in [1.54, 1.807) is 0 Å². The second kappa shape index (κ2) is 7.19. The van der Waals surface area contributed by atoms with Gasteiger partial charge in [-0.3, -0.25) is 20.3 Å². The van der Waals surface area contributed by atoms with Crippen LogP contribution in [0.25, 0.3) is 0 Å². The molecule has 0 atom stereocenters. The molecule has 1 heterocycles. The molecule has 0 saturated heterocycles. The third-order valence-electron chi connectivity index (χ3n) is 2.36. The van der Waals surface area contributed by atoms with Crippen LogP contribution < -0.4 is 21.9 Å². The third-order valence-corrected chi connectivity index (χ3v) is 2.36. The predicted octanol–water partition coefficient (Wildman–Crippen LogP) is -0.0831. The number of nitrogens with two attached hydrogens (primary N) is 1. The molecule has 110 valence electrons. The molecule has 10 nitrogen and oxygen atoms in total. The fraction of sp³-hybridized carbons (Fsp3) is 0.500. The van der Waals surface area contributed by atoms with E-state index in [0.29, 0.717) is 6.54 Å². The molecule has 0 fully saturated rings. The van der Waals surface area contributed by atoms with E-state index in [-0.39, 0.29) is 35.6 Å². The number of hydrazine groups is 1. The molecule has 5 N–H and O–H groups in total. The second-order valence-corrected chi connectivity index (χ2v) is 3.93. The number of carbonyl (C=O) groups is 1. The van der Waals surface area contributed by atoms with Crippen LogP contribution >= 0.6 is 0 Å². The van der Waals surface area contributed by atoms with Gasteiger partial charge in [-0.2, -0.15) is 4.98 Å². The zero-order valence-corrected chi connectivity index (χ0v) is 11.3. The number of nitrogens with zero attached hydrogens (tertiary/aromatic N) is 3. The van der Waals surface area contributed by atoms with E-state index in [0.717, 1.165) is 6.42 Å². The van der Waals surface area contributed by atoms with Gasteiger partial charge >= 0.3 is 5.69 Å². The van der Waals surface area contributed by atoms with Crippen molar-refractivity contribution in [2.24, 2.45) is 5.84 Å². The van der Waals surface area contributed by atoms with Crippen molar-refractivity contribution in [1.29, 1.82) is 0 Å². The third kappa shape index (κ3) is 4.02. The highest BCUT2D eigenvalue weighted by molar-refractivity contribution is 5.81. The lowest BCUT2D eigenvalue weighted by Gasteiger charge is -2.09. The number of aromatic nitrogens is 2. The van der Waals surface area contributed by atoms with Gasteiger partial charge in [0.1, 0.15) is 5.69 Å². The number of nitrogens with one attached hydrogen (secondary N) is 3. The lowest BCUT2D eigenvalue weighted by Crippen LogP contribution is -2.30. The van der Waals surface area contributed by atoms with Gasteiger partial charge in [0.25, 0.3) is 0 Å². The molecule has 1 aromatic rings. The summed E-state index contributed by atoms with van der Waals surface area (Å²) >= 11 is 0. The fourth-order valence-electron chi connectivity index (χ4n) is 1.46. The summed E-state index contributed by atoms with van der Waals surface area (Å²) in [5.74, 6) is 4.88. The van der Waals surface area contributed by atoms with Crippen molar-refractivity contribution < 1.29 is 9.72 Å². The molecule has 0 bridgehead atoms. The Morgan fingerprint density at radius 1 is 1.45 bits per heavy atom. The van der Waals surface area contributed by atoms with Gasteiger partial charge in [0.15, 0.2) is 0 Å². The summed E-state index contributed by atoms with van der Waals surface area (Å²) in [5.41, 5.74) is 2.07. The van der Waals surface area contributed by atoms with Gasteiger partial charge in [-0.1, -0.05) is 6.92 Å².